The molecule has 3 heterocycles. The van der Waals surface area contributed by atoms with Crippen LogP contribution in [0.15, 0.2) is 29.8 Å². The number of nitrogens with one attached hydrogen (secondary N) is 2. The molecular formula is C19H28N4O4S. The van der Waals surface area contributed by atoms with Crippen molar-refractivity contribution in [2.24, 2.45) is 11.8 Å². The summed E-state index contributed by atoms with van der Waals surface area (Å²) in [4.78, 5) is 28.8. The van der Waals surface area contributed by atoms with E-state index >= 15 is 0 Å². The molecule has 2 unspecified atom stereocenters. The minimum Gasteiger partial charge on any atom is -0.356 e. The molecule has 2 aliphatic heterocycles. The van der Waals surface area contributed by atoms with Crippen molar-refractivity contribution >= 4 is 21.8 Å². The zero-order chi connectivity index (χ0) is 20.5. The predicted octanol–water partition coefficient (Wildman–Crippen LogP) is 1.20. The Balaban J connectivity index is 1.74. The quantitative estimate of drug-likeness (QED) is 0.715. The number of likely N-dealkylation sites (tertiary alicyclic amines) is 1. The number of carbonyl (C=O) groups is 2. The summed E-state index contributed by atoms with van der Waals surface area (Å²) >= 11 is 0. The van der Waals surface area contributed by atoms with Gasteiger partial charge in [0.2, 0.25) is 15.9 Å². The lowest BCUT2D eigenvalue weighted by atomic mass is 9.87. The van der Waals surface area contributed by atoms with Crippen molar-refractivity contribution < 1.29 is 18.0 Å². The van der Waals surface area contributed by atoms with E-state index < -0.39 is 10.0 Å². The highest BCUT2D eigenvalue weighted by molar-refractivity contribution is 7.89. The molecule has 8 nitrogen and oxygen atoms in total. The third-order valence-corrected chi connectivity index (χ3v) is 7.43. The average molecular weight is 409 g/mol. The normalized spacial score (nSPS) is 26.2. The van der Waals surface area contributed by atoms with Crippen LogP contribution in [-0.2, 0) is 14.8 Å². The van der Waals surface area contributed by atoms with E-state index in [2.05, 4.69) is 16.9 Å². The van der Waals surface area contributed by atoms with E-state index in [-0.39, 0.29) is 34.6 Å². The summed E-state index contributed by atoms with van der Waals surface area (Å²) in [5.74, 6) is -0.513. The molecule has 154 valence electrons. The van der Waals surface area contributed by atoms with Crippen LogP contribution in [0.5, 0.6) is 0 Å². The van der Waals surface area contributed by atoms with E-state index in [0.717, 1.165) is 12.8 Å². The van der Waals surface area contributed by atoms with E-state index in [1.54, 1.807) is 4.90 Å². The Labute approximate surface area is 166 Å². The molecule has 9 heteroatoms. The molecule has 0 bridgehead atoms. The number of aromatic nitrogens is 1. The van der Waals surface area contributed by atoms with E-state index in [1.165, 1.54) is 22.6 Å². The lowest BCUT2D eigenvalue weighted by molar-refractivity contribution is -0.118. The molecule has 2 aliphatic rings. The smallest absolute Gasteiger partial charge is 0.270 e. The van der Waals surface area contributed by atoms with E-state index in [0.29, 0.717) is 31.9 Å². The fourth-order valence-electron chi connectivity index (χ4n) is 4.10. The summed E-state index contributed by atoms with van der Waals surface area (Å²) < 4.78 is 27.6. The third kappa shape index (κ3) is 4.00. The Morgan fingerprint density at radius 3 is 2.39 bits per heavy atom. The highest BCUT2D eigenvalue weighted by atomic mass is 32.2. The minimum absolute atomic E-state index is 0.0490. The summed E-state index contributed by atoms with van der Waals surface area (Å²) in [7, 11) is -3.72. The Hall–Kier alpha value is -2.13. The minimum atomic E-state index is -3.72. The molecule has 2 atom stereocenters. The molecule has 0 aromatic carbocycles. The monoisotopic (exact) mass is 408 g/mol. The molecule has 2 N–H and O–H groups in total. The van der Waals surface area contributed by atoms with E-state index in [9.17, 15) is 18.0 Å². The number of piperidine rings is 1. The number of hydrogen-bond donors (Lipinski definition) is 2. The van der Waals surface area contributed by atoms with Crippen LogP contribution in [-0.4, -0.2) is 66.6 Å². The summed E-state index contributed by atoms with van der Waals surface area (Å²) in [5.41, 5.74) is 0.301. The van der Waals surface area contributed by atoms with Crippen molar-refractivity contribution in [2.45, 2.75) is 37.6 Å². The number of carbonyl (C=O) groups excluding carboxylic acids is 2. The van der Waals surface area contributed by atoms with Crippen LogP contribution in [0.3, 0.4) is 0 Å². The van der Waals surface area contributed by atoms with Gasteiger partial charge in [-0.25, -0.2) is 8.42 Å². The van der Waals surface area contributed by atoms with Gasteiger partial charge in [0.15, 0.2) is 0 Å². The molecule has 2 amide bonds. The average Bonchev–Trinajstić information content (AvgIpc) is 3.35. The fourth-order valence-corrected chi connectivity index (χ4v) is 5.73. The van der Waals surface area contributed by atoms with Crippen LogP contribution in [0, 0.1) is 11.8 Å². The Bertz CT molecular complexity index is 845. The summed E-state index contributed by atoms with van der Waals surface area (Å²) in [5, 5.41) is 2.90. The maximum atomic E-state index is 13.1. The van der Waals surface area contributed by atoms with Gasteiger partial charge >= 0.3 is 0 Å². The van der Waals surface area contributed by atoms with E-state index in [4.69, 9.17) is 0 Å². The zero-order valence-electron chi connectivity index (χ0n) is 16.3. The number of nitrogens with zero attached hydrogens (tertiary/aromatic N) is 2. The van der Waals surface area contributed by atoms with Crippen LogP contribution in [0.4, 0.5) is 0 Å². The predicted molar refractivity (Wildman–Crippen MR) is 105 cm³/mol. The van der Waals surface area contributed by atoms with Crippen molar-refractivity contribution in [3.63, 3.8) is 0 Å². The molecule has 2 saturated heterocycles. The first-order valence-corrected chi connectivity index (χ1v) is 11.1. The summed E-state index contributed by atoms with van der Waals surface area (Å²) in [6, 6.07) is 1.31. The van der Waals surface area contributed by atoms with Crippen molar-refractivity contribution in [3.8, 4) is 0 Å². The lowest BCUT2D eigenvalue weighted by Crippen LogP contribution is -2.55. The number of amides is 2. The largest absolute Gasteiger partial charge is 0.356 e. The van der Waals surface area contributed by atoms with Gasteiger partial charge in [0.25, 0.3) is 5.91 Å². The second-order valence-corrected chi connectivity index (χ2v) is 9.70. The first-order chi connectivity index (χ1) is 13.2. The molecule has 2 fully saturated rings. The Morgan fingerprint density at radius 1 is 1.21 bits per heavy atom. The third-order valence-electron chi connectivity index (χ3n) is 5.62. The topological polar surface area (TPSA) is 103 Å². The van der Waals surface area contributed by atoms with Gasteiger partial charge in [0.05, 0.1) is 0 Å². The molecular weight excluding hydrogens is 380 g/mol. The molecule has 28 heavy (non-hydrogen) atoms. The Morgan fingerprint density at radius 2 is 1.82 bits per heavy atom. The molecule has 1 aromatic heterocycles. The first kappa shape index (κ1) is 20.6. The number of aromatic amines is 1. The first-order valence-electron chi connectivity index (χ1n) is 9.64. The maximum absolute atomic E-state index is 13.1. The lowest BCUT2D eigenvalue weighted by Gasteiger charge is -2.40. The number of H-pyrrole nitrogens is 1. The van der Waals surface area contributed by atoms with Gasteiger partial charge in [0.1, 0.15) is 10.6 Å². The SMILES string of the molecule is C=CC(=O)NC1C(C)CN(S(=O)(=O)c2c[nH]c(C(=O)N3CCCC3)c2)CC1C. The van der Waals surface area contributed by atoms with Crippen LogP contribution in [0.25, 0.3) is 0 Å². The molecule has 0 aliphatic carbocycles. The number of hydrogen-bond acceptors (Lipinski definition) is 4. The van der Waals surface area contributed by atoms with Gasteiger partial charge in [0, 0.05) is 38.4 Å². The molecule has 3 rings (SSSR count). The van der Waals surface area contributed by atoms with Gasteiger partial charge in [-0.05, 0) is 36.8 Å². The molecule has 1 aromatic rings. The zero-order valence-corrected chi connectivity index (χ0v) is 17.2. The Kier molecular flexibility index (Phi) is 5.95. The summed E-state index contributed by atoms with van der Waals surface area (Å²) in [6.07, 6.45) is 4.57. The van der Waals surface area contributed by atoms with Gasteiger partial charge < -0.3 is 15.2 Å². The highest BCUT2D eigenvalue weighted by Gasteiger charge is 2.38. The van der Waals surface area contributed by atoms with Crippen LogP contribution in [0.2, 0.25) is 0 Å². The van der Waals surface area contributed by atoms with Crippen molar-refractivity contribution in [2.75, 3.05) is 26.2 Å². The van der Waals surface area contributed by atoms with Crippen LogP contribution in [0.1, 0.15) is 37.2 Å². The van der Waals surface area contributed by atoms with Crippen molar-refractivity contribution in [3.05, 3.63) is 30.6 Å². The number of sulfonamides is 1. The number of rotatable bonds is 5. The van der Waals surface area contributed by atoms with Gasteiger partial charge in [-0.3, -0.25) is 9.59 Å². The second kappa shape index (κ2) is 8.08. The van der Waals surface area contributed by atoms with Gasteiger partial charge in [-0.2, -0.15) is 4.31 Å². The molecule has 0 spiro atoms. The fraction of sp³-hybridized carbons (Fsp3) is 0.579. The van der Waals surface area contributed by atoms with Crippen molar-refractivity contribution in [1.29, 1.82) is 0 Å². The molecule has 0 saturated carbocycles. The van der Waals surface area contributed by atoms with Crippen LogP contribution >= 0.6 is 0 Å². The summed E-state index contributed by atoms with van der Waals surface area (Å²) in [6.45, 7) is 9.32. The standard InChI is InChI=1S/C19H28N4O4S/c1-4-17(24)21-18-13(2)11-23(12-14(18)3)28(26,27)15-9-16(20-10-15)19(25)22-7-5-6-8-22/h4,9-10,13-14,18,20H,1,5-8,11-12H2,2-3H3,(H,21,24). The second-order valence-electron chi connectivity index (χ2n) is 7.76. The van der Waals surface area contributed by atoms with E-state index in [1.807, 2.05) is 13.8 Å². The molecule has 0 radical (unpaired) electrons. The van der Waals surface area contributed by atoms with Gasteiger partial charge in [-0.15, -0.1) is 0 Å². The highest BCUT2D eigenvalue weighted by Crippen LogP contribution is 2.28. The van der Waals surface area contributed by atoms with Crippen molar-refractivity contribution in [1.82, 2.24) is 19.5 Å². The van der Waals surface area contributed by atoms with Gasteiger partial charge in [-0.1, -0.05) is 20.4 Å². The maximum Gasteiger partial charge on any atom is 0.270 e. The van der Waals surface area contributed by atoms with Crippen LogP contribution < -0.4 is 5.32 Å².